The van der Waals surface area contributed by atoms with E-state index in [9.17, 15) is 4.79 Å². The third-order valence-corrected chi connectivity index (χ3v) is 3.73. The summed E-state index contributed by atoms with van der Waals surface area (Å²) >= 11 is 0. The Morgan fingerprint density at radius 2 is 2.32 bits per heavy atom. The number of hydrogen-bond donors (Lipinski definition) is 4. The minimum absolute atomic E-state index is 0.325. The molecular formula is C14H15N7O. The van der Waals surface area contributed by atoms with E-state index in [0.717, 1.165) is 30.4 Å². The second-order valence-corrected chi connectivity index (χ2v) is 5.29. The fourth-order valence-electron chi connectivity index (χ4n) is 2.67. The molecular weight excluding hydrogens is 282 g/mol. The maximum Gasteiger partial charge on any atom is 0.340 e. The molecule has 4 heterocycles. The van der Waals surface area contributed by atoms with Crippen molar-refractivity contribution in [3.63, 3.8) is 0 Å². The highest BCUT2D eigenvalue weighted by molar-refractivity contribution is 5.90. The van der Waals surface area contributed by atoms with E-state index in [2.05, 4.69) is 35.8 Å². The SMILES string of the molecule is O=c1[nH]nc(-c2cc3cccnc3c(N[C@H]3CCNC3)n2)[nH]1. The molecule has 112 valence electrons. The van der Waals surface area contributed by atoms with Crippen LogP contribution in [0.15, 0.2) is 29.2 Å². The molecule has 3 aromatic heterocycles. The van der Waals surface area contributed by atoms with Gasteiger partial charge < -0.3 is 10.6 Å². The number of nitrogens with one attached hydrogen (secondary N) is 4. The van der Waals surface area contributed by atoms with Gasteiger partial charge in [0.25, 0.3) is 0 Å². The predicted molar refractivity (Wildman–Crippen MR) is 82.6 cm³/mol. The molecule has 0 bridgehead atoms. The summed E-state index contributed by atoms with van der Waals surface area (Å²) in [7, 11) is 0. The zero-order chi connectivity index (χ0) is 14.9. The summed E-state index contributed by atoms with van der Waals surface area (Å²) in [6.07, 6.45) is 2.79. The monoisotopic (exact) mass is 297 g/mol. The first-order valence-corrected chi connectivity index (χ1v) is 7.18. The van der Waals surface area contributed by atoms with Crippen molar-refractivity contribution in [1.82, 2.24) is 30.5 Å². The Kier molecular flexibility index (Phi) is 3.08. The molecule has 0 spiro atoms. The molecule has 0 radical (unpaired) electrons. The standard InChI is InChI=1S/C14H15N7O/c22-14-19-12(20-21-14)10-6-8-2-1-4-16-11(8)13(18-10)17-9-3-5-15-7-9/h1-2,4,6,9,15H,3,5,7H2,(H,17,18)(H2,19,20,21,22)/t9-/m0/s1. The van der Waals surface area contributed by atoms with Gasteiger partial charge in [0, 0.05) is 24.2 Å². The minimum atomic E-state index is -0.349. The molecule has 1 saturated heterocycles. The highest BCUT2D eigenvalue weighted by Crippen LogP contribution is 2.25. The smallest absolute Gasteiger partial charge is 0.340 e. The number of nitrogens with zero attached hydrogens (tertiary/aromatic N) is 3. The van der Waals surface area contributed by atoms with Gasteiger partial charge in [0.2, 0.25) is 0 Å². The Labute approximate surface area is 125 Å². The van der Waals surface area contributed by atoms with Crippen LogP contribution in [-0.4, -0.2) is 44.3 Å². The predicted octanol–water partition coefficient (Wildman–Crippen LogP) is 0.482. The van der Waals surface area contributed by atoms with Crippen molar-refractivity contribution in [3.05, 3.63) is 34.9 Å². The quantitative estimate of drug-likeness (QED) is 0.559. The van der Waals surface area contributed by atoms with Crippen LogP contribution in [0.25, 0.3) is 22.4 Å². The Balaban J connectivity index is 1.83. The average Bonchev–Trinajstić information content (AvgIpc) is 3.19. The van der Waals surface area contributed by atoms with Crippen molar-refractivity contribution in [3.8, 4) is 11.5 Å². The summed E-state index contributed by atoms with van der Waals surface area (Å²) in [4.78, 5) is 22.9. The molecule has 4 N–H and O–H groups in total. The topological polar surface area (TPSA) is 111 Å². The van der Waals surface area contributed by atoms with Crippen molar-refractivity contribution < 1.29 is 0 Å². The van der Waals surface area contributed by atoms with Crippen LogP contribution in [0.2, 0.25) is 0 Å². The normalized spacial score (nSPS) is 17.9. The molecule has 0 unspecified atom stereocenters. The van der Waals surface area contributed by atoms with Crippen molar-refractivity contribution in [2.24, 2.45) is 0 Å². The minimum Gasteiger partial charge on any atom is -0.364 e. The van der Waals surface area contributed by atoms with Crippen molar-refractivity contribution in [1.29, 1.82) is 0 Å². The van der Waals surface area contributed by atoms with Gasteiger partial charge in [-0.15, -0.1) is 0 Å². The largest absolute Gasteiger partial charge is 0.364 e. The van der Waals surface area contributed by atoms with Gasteiger partial charge in [-0.25, -0.2) is 14.9 Å². The Morgan fingerprint density at radius 1 is 1.36 bits per heavy atom. The number of H-pyrrole nitrogens is 2. The molecule has 0 aliphatic carbocycles. The first-order chi connectivity index (χ1) is 10.8. The summed E-state index contributed by atoms with van der Waals surface area (Å²) in [5.41, 5.74) is 1.07. The Hall–Kier alpha value is -2.74. The Morgan fingerprint density at radius 3 is 3.09 bits per heavy atom. The number of aromatic nitrogens is 5. The van der Waals surface area contributed by atoms with Gasteiger partial charge in [-0.2, -0.15) is 5.10 Å². The molecule has 0 amide bonds. The van der Waals surface area contributed by atoms with E-state index in [-0.39, 0.29) is 5.69 Å². The highest BCUT2D eigenvalue weighted by Gasteiger charge is 2.17. The second-order valence-electron chi connectivity index (χ2n) is 5.29. The third kappa shape index (κ3) is 2.33. The first kappa shape index (κ1) is 13.0. The summed E-state index contributed by atoms with van der Waals surface area (Å²) in [5, 5.41) is 14.0. The Bertz CT molecular complexity index is 863. The van der Waals surface area contributed by atoms with Crippen LogP contribution in [0.1, 0.15) is 6.42 Å². The lowest BCUT2D eigenvalue weighted by molar-refractivity contribution is 0.789. The van der Waals surface area contributed by atoms with Crippen molar-refractivity contribution in [2.75, 3.05) is 18.4 Å². The summed E-state index contributed by atoms with van der Waals surface area (Å²) < 4.78 is 0. The van der Waals surface area contributed by atoms with Gasteiger partial charge in [-0.1, -0.05) is 6.07 Å². The van der Waals surface area contributed by atoms with Crippen LogP contribution < -0.4 is 16.3 Å². The van der Waals surface area contributed by atoms with Crippen LogP contribution in [0, 0.1) is 0 Å². The zero-order valence-electron chi connectivity index (χ0n) is 11.8. The molecule has 8 nitrogen and oxygen atoms in total. The van der Waals surface area contributed by atoms with Crippen LogP contribution >= 0.6 is 0 Å². The van der Waals surface area contributed by atoms with E-state index in [1.165, 1.54) is 0 Å². The molecule has 3 aromatic rings. The van der Waals surface area contributed by atoms with E-state index in [1.807, 2.05) is 18.2 Å². The molecule has 0 saturated carbocycles. The lowest BCUT2D eigenvalue weighted by Gasteiger charge is -2.14. The molecule has 1 fully saturated rings. The summed E-state index contributed by atoms with van der Waals surface area (Å²) in [5.74, 6) is 1.13. The molecule has 1 aliphatic heterocycles. The fraction of sp³-hybridized carbons (Fsp3) is 0.286. The van der Waals surface area contributed by atoms with Crippen LogP contribution in [0.4, 0.5) is 5.82 Å². The number of anilines is 1. The number of fused-ring (bicyclic) bond motifs is 1. The van der Waals surface area contributed by atoms with E-state index in [1.54, 1.807) is 6.20 Å². The number of aromatic amines is 2. The molecule has 1 atom stereocenters. The fourth-order valence-corrected chi connectivity index (χ4v) is 2.67. The number of hydrogen-bond acceptors (Lipinski definition) is 6. The number of rotatable bonds is 3. The molecule has 4 rings (SSSR count). The van der Waals surface area contributed by atoms with Gasteiger partial charge >= 0.3 is 5.69 Å². The first-order valence-electron chi connectivity index (χ1n) is 7.18. The van der Waals surface area contributed by atoms with E-state index in [4.69, 9.17) is 0 Å². The molecule has 0 aromatic carbocycles. The molecule has 1 aliphatic rings. The van der Waals surface area contributed by atoms with Crippen molar-refractivity contribution >= 4 is 16.7 Å². The maximum absolute atomic E-state index is 11.3. The highest BCUT2D eigenvalue weighted by atomic mass is 16.1. The van der Waals surface area contributed by atoms with Gasteiger partial charge in [-0.05, 0) is 25.1 Å². The summed E-state index contributed by atoms with van der Waals surface area (Å²) in [6, 6.07) is 6.04. The second kappa shape index (κ2) is 5.23. The molecule has 8 heteroatoms. The lowest BCUT2D eigenvalue weighted by Crippen LogP contribution is -2.23. The maximum atomic E-state index is 11.3. The zero-order valence-corrected chi connectivity index (χ0v) is 11.8. The van der Waals surface area contributed by atoms with E-state index >= 15 is 0 Å². The van der Waals surface area contributed by atoms with Gasteiger partial charge in [0.1, 0.15) is 11.2 Å². The van der Waals surface area contributed by atoms with Gasteiger partial charge in [0.15, 0.2) is 11.6 Å². The molecule has 22 heavy (non-hydrogen) atoms. The van der Waals surface area contributed by atoms with Crippen LogP contribution in [-0.2, 0) is 0 Å². The van der Waals surface area contributed by atoms with E-state index < -0.39 is 0 Å². The average molecular weight is 297 g/mol. The lowest BCUT2D eigenvalue weighted by atomic mass is 10.2. The van der Waals surface area contributed by atoms with Gasteiger partial charge in [-0.3, -0.25) is 9.97 Å². The van der Waals surface area contributed by atoms with Crippen LogP contribution in [0.5, 0.6) is 0 Å². The third-order valence-electron chi connectivity index (χ3n) is 3.73. The summed E-state index contributed by atoms with van der Waals surface area (Å²) in [6.45, 7) is 1.90. The number of pyridine rings is 2. The van der Waals surface area contributed by atoms with Crippen molar-refractivity contribution in [2.45, 2.75) is 12.5 Å². The van der Waals surface area contributed by atoms with Gasteiger partial charge in [0.05, 0.1) is 0 Å². The van der Waals surface area contributed by atoms with Crippen LogP contribution in [0.3, 0.4) is 0 Å². The van der Waals surface area contributed by atoms with E-state index in [0.29, 0.717) is 23.4 Å².